The fraction of sp³-hybridized carbons (Fsp3) is 0.273. The van der Waals surface area contributed by atoms with Gasteiger partial charge in [0.1, 0.15) is 11.6 Å². The van der Waals surface area contributed by atoms with Gasteiger partial charge in [0.15, 0.2) is 15.0 Å². The highest BCUT2D eigenvalue weighted by molar-refractivity contribution is 8.00. The lowest BCUT2D eigenvalue weighted by Crippen LogP contribution is -2.23. The number of thioether (sulfide) groups is 1. The van der Waals surface area contributed by atoms with Gasteiger partial charge < -0.3 is 15.2 Å². The van der Waals surface area contributed by atoms with Crippen molar-refractivity contribution in [3.05, 3.63) is 59.9 Å². The molecular weight excluding hydrogens is 462 g/mol. The van der Waals surface area contributed by atoms with Gasteiger partial charge in [-0.25, -0.2) is 8.42 Å². The van der Waals surface area contributed by atoms with Gasteiger partial charge in [0.2, 0.25) is 11.8 Å². The van der Waals surface area contributed by atoms with Crippen LogP contribution in [0.5, 0.6) is 0 Å². The van der Waals surface area contributed by atoms with Gasteiger partial charge in [0.05, 0.1) is 10.1 Å². The first-order chi connectivity index (χ1) is 15.5. The van der Waals surface area contributed by atoms with Crippen molar-refractivity contribution in [2.75, 3.05) is 10.6 Å². The summed E-state index contributed by atoms with van der Waals surface area (Å²) in [6.07, 6.45) is 0. The van der Waals surface area contributed by atoms with E-state index in [1.807, 2.05) is 6.92 Å². The van der Waals surface area contributed by atoms with Gasteiger partial charge in [-0.1, -0.05) is 29.5 Å². The maximum absolute atomic E-state index is 12.7. The number of anilines is 2. The average Bonchev–Trinajstić information content (AvgIpc) is 3.08. The Morgan fingerprint density at radius 2 is 1.58 bits per heavy atom. The molecule has 9 nitrogen and oxygen atoms in total. The minimum absolute atomic E-state index is 0.175. The van der Waals surface area contributed by atoms with E-state index in [0.717, 1.165) is 5.56 Å². The third kappa shape index (κ3) is 6.42. The monoisotopic (exact) mass is 487 g/mol. The molecule has 0 saturated carbocycles. The van der Waals surface area contributed by atoms with Crippen molar-refractivity contribution < 1.29 is 18.0 Å². The van der Waals surface area contributed by atoms with Crippen molar-refractivity contribution >= 4 is 44.8 Å². The highest BCUT2D eigenvalue weighted by atomic mass is 32.2. The van der Waals surface area contributed by atoms with Crippen molar-refractivity contribution in [3.63, 3.8) is 0 Å². The van der Waals surface area contributed by atoms with Crippen molar-refractivity contribution in [2.24, 2.45) is 7.05 Å². The van der Waals surface area contributed by atoms with Crippen molar-refractivity contribution in [1.29, 1.82) is 0 Å². The van der Waals surface area contributed by atoms with Crippen LogP contribution in [0.3, 0.4) is 0 Å². The van der Waals surface area contributed by atoms with E-state index in [2.05, 4.69) is 20.8 Å². The quantitative estimate of drug-likeness (QED) is 0.468. The first-order valence-corrected chi connectivity index (χ1v) is 12.6. The Morgan fingerprint density at radius 1 is 1.00 bits per heavy atom. The summed E-state index contributed by atoms with van der Waals surface area (Å²) in [5.41, 5.74) is 2.20. The molecule has 1 heterocycles. The molecule has 0 aliphatic carbocycles. The molecule has 0 aliphatic heterocycles. The molecule has 1 atom stereocenters. The van der Waals surface area contributed by atoms with Gasteiger partial charge in [-0.15, -0.1) is 10.2 Å². The number of benzene rings is 2. The molecule has 3 rings (SSSR count). The number of carbonyl (C=O) groups is 2. The van der Waals surface area contributed by atoms with Crippen LogP contribution >= 0.6 is 11.8 Å². The molecule has 11 heteroatoms. The summed E-state index contributed by atoms with van der Waals surface area (Å²) in [6.45, 7) is 5.04. The minimum Gasteiger partial charge on any atom is -0.326 e. The number of rotatable bonds is 8. The van der Waals surface area contributed by atoms with Gasteiger partial charge in [-0.05, 0) is 50.2 Å². The molecule has 1 unspecified atom stereocenters. The average molecular weight is 488 g/mol. The Bertz CT molecular complexity index is 1250. The molecule has 2 aromatic carbocycles. The summed E-state index contributed by atoms with van der Waals surface area (Å²) >= 11 is 1.18. The topological polar surface area (TPSA) is 123 Å². The molecule has 0 fully saturated rings. The fourth-order valence-electron chi connectivity index (χ4n) is 2.87. The fourth-order valence-corrected chi connectivity index (χ4v) is 5.01. The van der Waals surface area contributed by atoms with Gasteiger partial charge in [0.25, 0.3) is 0 Å². The smallest absolute Gasteiger partial charge is 0.237 e. The summed E-state index contributed by atoms with van der Waals surface area (Å²) in [6, 6.07) is 13.4. The van der Waals surface area contributed by atoms with E-state index in [1.54, 1.807) is 67.1 Å². The second-order valence-corrected chi connectivity index (χ2v) is 10.8. The van der Waals surface area contributed by atoms with E-state index >= 15 is 0 Å². The summed E-state index contributed by atoms with van der Waals surface area (Å²) in [7, 11) is -1.90. The summed E-state index contributed by atoms with van der Waals surface area (Å²) in [5, 5.41) is 13.5. The minimum atomic E-state index is -3.57. The maximum atomic E-state index is 12.7. The van der Waals surface area contributed by atoms with E-state index in [4.69, 9.17) is 0 Å². The standard InChI is InChI=1S/C22H25N5O4S2/c1-14-5-11-19(12-6-14)33(30,31)13-20-25-26-22(27(20)4)32-15(2)21(29)24-18-9-7-17(8-10-18)23-16(3)28/h5-12,15H,13H2,1-4H3,(H,23,28)(H,24,29). The molecule has 0 aliphatic rings. The lowest BCUT2D eigenvalue weighted by molar-refractivity contribution is -0.115. The molecule has 0 saturated heterocycles. The summed E-state index contributed by atoms with van der Waals surface area (Å²) in [4.78, 5) is 23.9. The van der Waals surface area contributed by atoms with Gasteiger partial charge in [-0.3, -0.25) is 9.59 Å². The van der Waals surface area contributed by atoms with E-state index < -0.39 is 15.1 Å². The molecule has 174 valence electrons. The zero-order valence-corrected chi connectivity index (χ0v) is 20.3. The number of amides is 2. The highest BCUT2D eigenvalue weighted by Crippen LogP contribution is 2.24. The van der Waals surface area contributed by atoms with E-state index in [9.17, 15) is 18.0 Å². The Kier molecular flexibility index (Phi) is 7.54. The molecular formula is C22H25N5O4S2. The molecule has 33 heavy (non-hydrogen) atoms. The van der Waals surface area contributed by atoms with Crippen LogP contribution in [-0.2, 0) is 32.2 Å². The predicted molar refractivity (Wildman–Crippen MR) is 128 cm³/mol. The van der Waals surface area contributed by atoms with Crippen LogP contribution in [-0.4, -0.2) is 40.2 Å². The molecule has 1 aromatic heterocycles. The molecule has 3 aromatic rings. The first kappa shape index (κ1) is 24.5. The largest absolute Gasteiger partial charge is 0.326 e. The number of nitrogens with one attached hydrogen (secondary N) is 2. The van der Waals surface area contributed by atoms with E-state index in [0.29, 0.717) is 22.4 Å². The number of carbonyl (C=O) groups excluding carboxylic acids is 2. The second kappa shape index (κ2) is 10.2. The Balaban J connectivity index is 1.63. The van der Waals surface area contributed by atoms with Crippen LogP contribution in [0, 0.1) is 6.92 Å². The molecule has 2 amide bonds. The molecule has 0 bridgehead atoms. The van der Waals surface area contributed by atoms with E-state index in [1.165, 1.54) is 18.7 Å². The number of nitrogens with zero attached hydrogens (tertiary/aromatic N) is 3. The number of hydrogen-bond donors (Lipinski definition) is 2. The summed E-state index contributed by atoms with van der Waals surface area (Å²) < 4.78 is 27.0. The van der Waals surface area contributed by atoms with Gasteiger partial charge in [0, 0.05) is 25.3 Å². The second-order valence-electron chi connectivity index (χ2n) is 7.54. The van der Waals surface area contributed by atoms with Crippen molar-refractivity contribution in [1.82, 2.24) is 14.8 Å². The number of aromatic nitrogens is 3. The van der Waals surface area contributed by atoms with Crippen LogP contribution in [0.4, 0.5) is 11.4 Å². The Morgan fingerprint density at radius 3 is 2.15 bits per heavy atom. The van der Waals surface area contributed by atoms with Crippen LogP contribution < -0.4 is 10.6 Å². The maximum Gasteiger partial charge on any atom is 0.237 e. The third-order valence-electron chi connectivity index (χ3n) is 4.75. The Labute approximate surface area is 196 Å². The van der Waals surface area contributed by atoms with Crippen molar-refractivity contribution in [3.8, 4) is 0 Å². The number of aryl methyl sites for hydroxylation is 1. The number of hydrogen-bond acceptors (Lipinski definition) is 7. The van der Waals surface area contributed by atoms with Crippen LogP contribution in [0.25, 0.3) is 0 Å². The highest BCUT2D eigenvalue weighted by Gasteiger charge is 2.23. The first-order valence-electron chi connectivity index (χ1n) is 10.1. The van der Waals surface area contributed by atoms with Gasteiger partial charge >= 0.3 is 0 Å². The van der Waals surface area contributed by atoms with Crippen LogP contribution in [0.15, 0.2) is 58.6 Å². The predicted octanol–water partition coefficient (Wildman–Crippen LogP) is 3.18. The molecule has 0 spiro atoms. The lowest BCUT2D eigenvalue weighted by atomic mass is 10.2. The van der Waals surface area contributed by atoms with Crippen LogP contribution in [0.2, 0.25) is 0 Å². The SMILES string of the molecule is CC(=O)Nc1ccc(NC(=O)C(C)Sc2nnc(CS(=O)(=O)c3ccc(C)cc3)n2C)cc1. The lowest BCUT2D eigenvalue weighted by Gasteiger charge is -2.12. The zero-order chi connectivity index (χ0) is 24.2. The molecule has 0 radical (unpaired) electrons. The van der Waals surface area contributed by atoms with Gasteiger partial charge in [-0.2, -0.15) is 0 Å². The van der Waals surface area contributed by atoms with Crippen molar-refractivity contribution in [2.45, 2.75) is 41.8 Å². The normalized spacial score (nSPS) is 12.2. The third-order valence-corrected chi connectivity index (χ3v) is 7.51. The zero-order valence-electron chi connectivity index (χ0n) is 18.7. The van der Waals surface area contributed by atoms with Crippen LogP contribution in [0.1, 0.15) is 25.2 Å². The summed E-state index contributed by atoms with van der Waals surface area (Å²) in [5.74, 6) is -0.420. The van der Waals surface area contributed by atoms with E-state index in [-0.39, 0.29) is 22.5 Å². The molecule has 2 N–H and O–H groups in total. The number of sulfone groups is 1. The Hall–Kier alpha value is -3.18.